The Labute approximate surface area is 148 Å². The molecule has 24 heavy (non-hydrogen) atoms. The predicted octanol–water partition coefficient (Wildman–Crippen LogP) is 2.40. The van der Waals surface area contributed by atoms with Crippen LogP contribution in [0.4, 0.5) is 0 Å². The van der Waals surface area contributed by atoms with Gasteiger partial charge in [-0.1, -0.05) is 36.2 Å². The summed E-state index contributed by atoms with van der Waals surface area (Å²) < 4.78 is 0. The second-order valence-corrected chi connectivity index (χ2v) is 6.14. The molecular formula is C15H16Cl2N4O3. The summed E-state index contributed by atoms with van der Waals surface area (Å²) in [6.45, 7) is 3.64. The van der Waals surface area contributed by atoms with Crippen molar-refractivity contribution >= 4 is 35.1 Å². The van der Waals surface area contributed by atoms with Gasteiger partial charge in [-0.2, -0.15) is 5.10 Å². The third-order valence-corrected chi connectivity index (χ3v) is 4.30. The van der Waals surface area contributed by atoms with Gasteiger partial charge in [0.1, 0.15) is 6.33 Å². The predicted molar refractivity (Wildman–Crippen MR) is 89.2 cm³/mol. The zero-order valence-electron chi connectivity index (χ0n) is 13.0. The van der Waals surface area contributed by atoms with E-state index in [9.17, 15) is 14.7 Å². The third kappa shape index (κ3) is 3.09. The number of rotatable bonds is 6. The number of aromatic amines is 1. The molecule has 0 saturated carbocycles. The number of H-pyrrole nitrogens is 1. The number of halogens is 2. The molecule has 0 bridgehead atoms. The van der Waals surface area contributed by atoms with Crippen LogP contribution >= 0.6 is 23.2 Å². The van der Waals surface area contributed by atoms with Gasteiger partial charge >= 0.3 is 5.97 Å². The zero-order chi connectivity index (χ0) is 17.9. The minimum absolute atomic E-state index is 0.0422. The Morgan fingerprint density at radius 2 is 2.12 bits per heavy atom. The number of carbonyl (C=O) groups is 2. The van der Waals surface area contributed by atoms with Gasteiger partial charge in [-0.15, -0.1) is 0 Å². The standard InChI is InChI=1S/C15H16Cl2N4O3/c1-3-8(2)20-13(22)15(14(23)24,12-18-7-19-21-12)10-5-4-9(16)6-11(10)17/h4-8H,3H2,1-2H3,(H,20,22)(H,23,24)(H,18,19,21). The lowest BCUT2D eigenvalue weighted by atomic mass is 9.78. The molecule has 7 nitrogen and oxygen atoms in total. The van der Waals surface area contributed by atoms with Crippen LogP contribution < -0.4 is 5.32 Å². The number of amides is 1. The Balaban J connectivity index is 2.72. The number of nitrogens with zero attached hydrogens (tertiary/aromatic N) is 2. The van der Waals surface area contributed by atoms with Crippen molar-refractivity contribution in [3.05, 3.63) is 46.0 Å². The third-order valence-electron chi connectivity index (χ3n) is 3.76. The van der Waals surface area contributed by atoms with Crippen molar-refractivity contribution in [1.82, 2.24) is 20.5 Å². The molecule has 1 heterocycles. The summed E-state index contributed by atoms with van der Waals surface area (Å²) >= 11 is 12.1. The van der Waals surface area contributed by atoms with Crippen LogP contribution in [0.15, 0.2) is 24.5 Å². The average molecular weight is 371 g/mol. The SMILES string of the molecule is CCC(C)NC(=O)C(C(=O)O)(c1ncn[nH]1)c1ccc(Cl)cc1Cl. The molecule has 2 rings (SSSR count). The van der Waals surface area contributed by atoms with Gasteiger partial charge in [0.05, 0.1) is 0 Å². The van der Waals surface area contributed by atoms with E-state index in [2.05, 4.69) is 20.5 Å². The van der Waals surface area contributed by atoms with Crippen molar-refractivity contribution in [2.45, 2.75) is 31.7 Å². The van der Waals surface area contributed by atoms with E-state index in [-0.39, 0.29) is 22.5 Å². The van der Waals surface area contributed by atoms with Gasteiger partial charge in [-0.05, 0) is 25.5 Å². The monoisotopic (exact) mass is 370 g/mol. The topological polar surface area (TPSA) is 108 Å². The van der Waals surface area contributed by atoms with Gasteiger partial charge in [0, 0.05) is 21.7 Å². The molecule has 1 amide bonds. The highest BCUT2D eigenvalue weighted by molar-refractivity contribution is 6.36. The molecule has 3 N–H and O–H groups in total. The quantitative estimate of drug-likeness (QED) is 0.676. The van der Waals surface area contributed by atoms with Crippen LogP contribution in [0.5, 0.6) is 0 Å². The van der Waals surface area contributed by atoms with Gasteiger partial charge in [0.15, 0.2) is 5.82 Å². The molecule has 0 aliphatic rings. The summed E-state index contributed by atoms with van der Waals surface area (Å²) in [6.07, 6.45) is 1.76. The Morgan fingerprint density at radius 1 is 1.42 bits per heavy atom. The lowest BCUT2D eigenvalue weighted by molar-refractivity contribution is -0.148. The van der Waals surface area contributed by atoms with E-state index in [1.165, 1.54) is 18.2 Å². The number of carboxylic acids is 1. The van der Waals surface area contributed by atoms with E-state index in [4.69, 9.17) is 23.2 Å². The van der Waals surface area contributed by atoms with Crippen molar-refractivity contribution in [3.63, 3.8) is 0 Å². The summed E-state index contributed by atoms with van der Waals surface area (Å²) in [5.74, 6) is -2.32. The molecule has 0 saturated heterocycles. The molecule has 2 atom stereocenters. The van der Waals surface area contributed by atoms with Crippen molar-refractivity contribution in [1.29, 1.82) is 0 Å². The maximum absolute atomic E-state index is 12.9. The van der Waals surface area contributed by atoms with Gasteiger partial charge in [0.2, 0.25) is 11.3 Å². The van der Waals surface area contributed by atoms with E-state index in [1.807, 2.05) is 6.92 Å². The lowest BCUT2D eigenvalue weighted by Crippen LogP contribution is -2.53. The molecule has 2 aromatic rings. The summed E-state index contributed by atoms with van der Waals surface area (Å²) in [6, 6.07) is 4.01. The van der Waals surface area contributed by atoms with Crippen LogP contribution in [0.2, 0.25) is 10.0 Å². The number of carbonyl (C=O) groups excluding carboxylic acids is 1. The van der Waals surface area contributed by atoms with Crippen LogP contribution in [0.3, 0.4) is 0 Å². The summed E-state index contributed by atoms with van der Waals surface area (Å²) in [7, 11) is 0. The minimum atomic E-state index is -2.17. The highest BCUT2D eigenvalue weighted by Gasteiger charge is 2.53. The molecule has 0 fully saturated rings. The van der Waals surface area contributed by atoms with E-state index in [1.54, 1.807) is 6.92 Å². The van der Waals surface area contributed by atoms with E-state index < -0.39 is 17.3 Å². The summed E-state index contributed by atoms with van der Waals surface area (Å²) in [5.41, 5.74) is -2.11. The van der Waals surface area contributed by atoms with Crippen LogP contribution in [0, 0.1) is 0 Å². The van der Waals surface area contributed by atoms with Crippen molar-refractivity contribution in [2.24, 2.45) is 0 Å². The molecule has 1 aromatic carbocycles. The number of hydrogen-bond donors (Lipinski definition) is 3. The van der Waals surface area contributed by atoms with Gasteiger partial charge in [-0.25, -0.2) is 4.98 Å². The average Bonchev–Trinajstić information content (AvgIpc) is 3.04. The summed E-state index contributed by atoms with van der Waals surface area (Å²) in [5, 5.41) is 19.2. The second-order valence-electron chi connectivity index (χ2n) is 5.30. The van der Waals surface area contributed by atoms with Gasteiger partial charge < -0.3 is 10.4 Å². The van der Waals surface area contributed by atoms with Crippen LogP contribution in [-0.4, -0.2) is 38.2 Å². The van der Waals surface area contributed by atoms with Crippen LogP contribution in [-0.2, 0) is 15.0 Å². The lowest BCUT2D eigenvalue weighted by Gasteiger charge is -2.28. The second kappa shape index (κ2) is 7.19. The maximum Gasteiger partial charge on any atom is 0.331 e. The highest BCUT2D eigenvalue weighted by Crippen LogP contribution is 2.37. The fourth-order valence-corrected chi connectivity index (χ4v) is 2.84. The normalized spacial score (nSPS) is 14.7. The van der Waals surface area contributed by atoms with Crippen molar-refractivity contribution in [2.75, 3.05) is 0 Å². The smallest absolute Gasteiger partial charge is 0.331 e. The van der Waals surface area contributed by atoms with Crippen molar-refractivity contribution in [3.8, 4) is 0 Å². The number of hydrogen-bond acceptors (Lipinski definition) is 4. The first kappa shape index (κ1) is 18.2. The van der Waals surface area contributed by atoms with Crippen molar-refractivity contribution < 1.29 is 14.7 Å². The number of benzene rings is 1. The van der Waals surface area contributed by atoms with Crippen LogP contribution in [0.25, 0.3) is 0 Å². The van der Waals surface area contributed by atoms with Gasteiger partial charge in [0.25, 0.3) is 0 Å². The number of aromatic nitrogens is 3. The fraction of sp³-hybridized carbons (Fsp3) is 0.333. The first-order valence-electron chi connectivity index (χ1n) is 7.19. The Morgan fingerprint density at radius 3 is 2.62 bits per heavy atom. The Bertz CT molecular complexity index is 751. The number of carboxylic acid groups (broad SMARTS) is 1. The number of nitrogens with one attached hydrogen (secondary N) is 2. The molecule has 1 aromatic heterocycles. The molecule has 0 radical (unpaired) electrons. The molecule has 9 heteroatoms. The molecular weight excluding hydrogens is 355 g/mol. The Hall–Kier alpha value is -2.12. The minimum Gasteiger partial charge on any atom is -0.480 e. The Kier molecular flexibility index (Phi) is 5.46. The molecule has 128 valence electrons. The highest BCUT2D eigenvalue weighted by atomic mass is 35.5. The number of aliphatic carboxylic acids is 1. The fourth-order valence-electron chi connectivity index (χ4n) is 2.28. The molecule has 0 aliphatic carbocycles. The van der Waals surface area contributed by atoms with Crippen LogP contribution in [0.1, 0.15) is 31.7 Å². The first-order valence-corrected chi connectivity index (χ1v) is 7.95. The first-order chi connectivity index (χ1) is 11.3. The molecule has 0 spiro atoms. The molecule has 2 unspecified atom stereocenters. The molecule has 0 aliphatic heterocycles. The maximum atomic E-state index is 12.9. The largest absolute Gasteiger partial charge is 0.480 e. The van der Waals surface area contributed by atoms with E-state index in [0.717, 1.165) is 6.33 Å². The van der Waals surface area contributed by atoms with Gasteiger partial charge in [-0.3, -0.25) is 14.7 Å². The van der Waals surface area contributed by atoms with E-state index >= 15 is 0 Å². The zero-order valence-corrected chi connectivity index (χ0v) is 14.5. The van der Waals surface area contributed by atoms with E-state index in [0.29, 0.717) is 11.4 Å². The summed E-state index contributed by atoms with van der Waals surface area (Å²) in [4.78, 5) is 29.1.